The van der Waals surface area contributed by atoms with Gasteiger partial charge in [0.05, 0.1) is 17.3 Å². The minimum atomic E-state index is -0.631. The van der Waals surface area contributed by atoms with Crippen molar-refractivity contribution in [1.29, 1.82) is 0 Å². The molecule has 128 valence electrons. The highest BCUT2D eigenvalue weighted by Crippen LogP contribution is 2.29. The summed E-state index contributed by atoms with van der Waals surface area (Å²) < 4.78 is 14.7. The summed E-state index contributed by atoms with van der Waals surface area (Å²) in [4.78, 5) is 24.6. The summed E-state index contributed by atoms with van der Waals surface area (Å²) in [6.07, 6.45) is 0. The standard InChI is InChI=1S/C18H15BrFN3O2/c1-10-15(17(24)22-14-5-3-2-4-13(14)20)16(23-18(25)21-10)11-6-8-12(19)9-7-11/h2-9,16H,1H3,(H,22,24)(H2,21,23,25)/t16-/m0/s1. The van der Waals surface area contributed by atoms with Crippen LogP contribution in [0.4, 0.5) is 14.9 Å². The van der Waals surface area contributed by atoms with Crippen molar-refractivity contribution in [3.63, 3.8) is 0 Å². The number of urea groups is 1. The lowest BCUT2D eigenvalue weighted by Gasteiger charge is -2.28. The Morgan fingerprint density at radius 2 is 1.84 bits per heavy atom. The zero-order chi connectivity index (χ0) is 18.0. The number of allylic oxidation sites excluding steroid dienone is 1. The molecule has 1 aliphatic rings. The molecule has 5 nitrogen and oxygen atoms in total. The normalized spacial score (nSPS) is 16.9. The van der Waals surface area contributed by atoms with Gasteiger partial charge in [-0.05, 0) is 36.8 Å². The highest BCUT2D eigenvalue weighted by atomic mass is 79.9. The number of para-hydroxylation sites is 1. The molecule has 2 aromatic carbocycles. The lowest BCUT2D eigenvalue weighted by Crippen LogP contribution is -2.46. The van der Waals surface area contributed by atoms with E-state index in [0.717, 1.165) is 10.0 Å². The smallest absolute Gasteiger partial charge is 0.319 e. The number of nitrogens with one attached hydrogen (secondary N) is 3. The number of hydrogen-bond donors (Lipinski definition) is 3. The predicted octanol–water partition coefficient (Wildman–Crippen LogP) is 3.85. The number of rotatable bonds is 3. The molecule has 0 spiro atoms. The lowest BCUT2D eigenvalue weighted by atomic mass is 9.95. The monoisotopic (exact) mass is 403 g/mol. The van der Waals surface area contributed by atoms with Crippen LogP contribution in [0.15, 0.2) is 64.3 Å². The molecule has 0 aromatic heterocycles. The van der Waals surface area contributed by atoms with Crippen LogP contribution in [-0.4, -0.2) is 11.9 Å². The summed E-state index contributed by atoms with van der Waals surface area (Å²) in [5, 5.41) is 7.89. The maximum atomic E-state index is 13.8. The molecule has 3 amide bonds. The van der Waals surface area contributed by atoms with Gasteiger partial charge < -0.3 is 16.0 Å². The van der Waals surface area contributed by atoms with Crippen LogP contribution in [0.1, 0.15) is 18.5 Å². The summed E-state index contributed by atoms with van der Waals surface area (Å²) in [5.74, 6) is -1.01. The van der Waals surface area contributed by atoms with Gasteiger partial charge in [-0.3, -0.25) is 4.79 Å². The van der Waals surface area contributed by atoms with Crippen LogP contribution in [0.2, 0.25) is 0 Å². The Hall–Kier alpha value is -2.67. The zero-order valence-electron chi connectivity index (χ0n) is 13.3. The molecule has 0 fully saturated rings. The summed E-state index contributed by atoms with van der Waals surface area (Å²) >= 11 is 3.36. The van der Waals surface area contributed by atoms with Gasteiger partial charge in [-0.15, -0.1) is 0 Å². The number of halogens is 2. The Bertz CT molecular complexity index is 865. The second kappa shape index (κ2) is 7.06. The molecule has 0 saturated carbocycles. The van der Waals surface area contributed by atoms with Crippen LogP contribution in [0.5, 0.6) is 0 Å². The molecule has 1 aliphatic heterocycles. The quantitative estimate of drug-likeness (QED) is 0.728. The van der Waals surface area contributed by atoms with Crippen LogP contribution < -0.4 is 16.0 Å². The van der Waals surface area contributed by atoms with E-state index in [9.17, 15) is 14.0 Å². The first kappa shape index (κ1) is 17.2. The largest absolute Gasteiger partial charge is 0.327 e. The van der Waals surface area contributed by atoms with Crippen molar-refractivity contribution in [3.8, 4) is 0 Å². The number of amides is 3. The topological polar surface area (TPSA) is 70.2 Å². The molecule has 0 unspecified atom stereocenters. The van der Waals surface area contributed by atoms with Crippen LogP contribution in [-0.2, 0) is 4.79 Å². The molecule has 7 heteroatoms. The number of hydrogen-bond acceptors (Lipinski definition) is 2. The van der Waals surface area contributed by atoms with Crippen molar-refractivity contribution in [2.45, 2.75) is 13.0 Å². The Morgan fingerprint density at radius 3 is 2.52 bits per heavy atom. The van der Waals surface area contributed by atoms with Crippen LogP contribution in [0, 0.1) is 5.82 Å². The van der Waals surface area contributed by atoms with Gasteiger partial charge in [-0.25, -0.2) is 9.18 Å². The molecule has 0 radical (unpaired) electrons. The second-order valence-electron chi connectivity index (χ2n) is 5.56. The second-order valence-corrected chi connectivity index (χ2v) is 6.47. The van der Waals surface area contributed by atoms with E-state index in [1.807, 2.05) is 24.3 Å². The molecule has 0 bridgehead atoms. The molecule has 1 atom stereocenters. The molecular formula is C18H15BrFN3O2. The number of benzene rings is 2. The third-order valence-corrected chi connectivity index (χ3v) is 4.37. The van der Waals surface area contributed by atoms with E-state index in [0.29, 0.717) is 11.3 Å². The van der Waals surface area contributed by atoms with Crippen molar-refractivity contribution in [3.05, 3.63) is 75.7 Å². The first-order valence-corrected chi connectivity index (χ1v) is 8.34. The van der Waals surface area contributed by atoms with Crippen molar-refractivity contribution < 1.29 is 14.0 Å². The number of carbonyl (C=O) groups is 2. The Morgan fingerprint density at radius 1 is 1.16 bits per heavy atom. The number of anilines is 1. The molecular weight excluding hydrogens is 389 g/mol. The van der Waals surface area contributed by atoms with Gasteiger partial charge in [0.2, 0.25) is 0 Å². The van der Waals surface area contributed by atoms with E-state index < -0.39 is 23.8 Å². The lowest BCUT2D eigenvalue weighted by molar-refractivity contribution is -0.113. The minimum absolute atomic E-state index is 0.0826. The molecule has 25 heavy (non-hydrogen) atoms. The van der Waals surface area contributed by atoms with Crippen molar-refractivity contribution in [2.75, 3.05) is 5.32 Å². The fraction of sp³-hybridized carbons (Fsp3) is 0.111. The molecule has 2 aromatic rings. The van der Waals surface area contributed by atoms with Crippen LogP contribution in [0.25, 0.3) is 0 Å². The summed E-state index contributed by atoms with van der Waals surface area (Å²) in [7, 11) is 0. The van der Waals surface area contributed by atoms with Gasteiger partial charge in [0.1, 0.15) is 5.82 Å². The van der Waals surface area contributed by atoms with E-state index in [2.05, 4.69) is 31.9 Å². The van der Waals surface area contributed by atoms with Gasteiger partial charge >= 0.3 is 6.03 Å². The SMILES string of the molecule is CC1=C(C(=O)Nc2ccccc2F)[C@H](c2ccc(Br)cc2)NC(=O)N1. The zero-order valence-corrected chi connectivity index (χ0v) is 14.9. The maximum Gasteiger partial charge on any atom is 0.319 e. The van der Waals surface area contributed by atoms with Gasteiger partial charge in [-0.2, -0.15) is 0 Å². The van der Waals surface area contributed by atoms with Crippen LogP contribution in [0.3, 0.4) is 0 Å². The molecule has 1 heterocycles. The minimum Gasteiger partial charge on any atom is -0.327 e. The fourth-order valence-corrected chi connectivity index (χ4v) is 2.92. The molecule has 0 saturated heterocycles. The predicted molar refractivity (Wildman–Crippen MR) is 96.3 cm³/mol. The Kier molecular flexibility index (Phi) is 4.85. The van der Waals surface area contributed by atoms with E-state index in [1.165, 1.54) is 12.1 Å². The molecule has 3 rings (SSSR count). The van der Waals surface area contributed by atoms with E-state index in [1.54, 1.807) is 19.1 Å². The number of carbonyl (C=O) groups excluding carboxylic acids is 2. The first-order valence-electron chi connectivity index (χ1n) is 7.55. The third kappa shape index (κ3) is 3.71. The Labute approximate surface area is 152 Å². The molecule has 3 N–H and O–H groups in total. The van der Waals surface area contributed by atoms with Crippen molar-refractivity contribution in [2.24, 2.45) is 0 Å². The van der Waals surface area contributed by atoms with Gasteiger partial charge in [-0.1, -0.05) is 40.2 Å². The third-order valence-electron chi connectivity index (χ3n) is 3.84. The average Bonchev–Trinajstić information content (AvgIpc) is 2.57. The average molecular weight is 404 g/mol. The first-order chi connectivity index (χ1) is 12.0. The van der Waals surface area contributed by atoms with Gasteiger partial charge in [0.15, 0.2) is 0 Å². The highest BCUT2D eigenvalue weighted by Gasteiger charge is 2.31. The Balaban J connectivity index is 1.96. The maximum absolute atomic E-state index is 13.8. The summed E-state index contributed by atoms with van der Waals surface area (Å²) in [6.45, 7) is 1.64. The van der Waals surface area contributed by atoms with E-state index >= 15 is 0 Å². The molecule has 0 aliphatic carbocycles. The van der Waals surface area contributed by atoms with E-state index in [-0.39, 0.29) is 5.69 Å². The summed E-state index contributed by atoms with van der Waals surface area (Å²) in [5.41, 5.74) is 1.58. The van der Waals surface area contributed by atoms with Gasteiger partial charge in [0.25, 0.3) is 5.91 Å². The van der Waals surface area contributed by atoms with E-state index in [4.69, 9.17) is 0 Å². The van der Waals surface area contributed by atoms with Gasteiger partial charge in [0, 0.05) is 10.2 Å². The van der Waals surface area contributed by atoms with Crippen molar-refractivity contribution >= 4 is 33.6 Å². The fourth-order valence-electron chi connectivity index (χ4n) is 2.65. The summed E-state index contributed by atoms with van der Waals surface area (Å²) in [6, 6.07) is 12.2. The van der Waals surface area contributed by atoms with Crippen LogP contribution >= 0.6 is 15.9 Å². The van der Waals surface area contributed by atoms with Crippen molar-refractivity contribution in [1.82, 2.24) is 10.6 Å². The highest BCUT2D eigenvalue weighted by molar-refractivity contribution is 9.10.